The summed E-state index contributed by atoms with van der Waals surface area (Å²) in [7, 11) is 20.5. The molecule has 1 saturated carbocycles. The average Bonchev–Trinajstić information content (AvgIpc) is 4.12. The van der Waals surface area contributed by atoms with Gasteiger partial charge in [-0.1, -0.05) is 35.4 Å². The van der Waals surface area contributed by atoms with Crippen molar-refractivity contribution < 1.29 is 115 Å². The summed E-state index contributed by atoms with van der Waals surface area (Å²) in [5.41, 5.74) is 18.7. The predicted molar refractivity (Wildman–Crippen MR) is 316 cm³/mol. The summed E-state index contributed by atoms with van der Waals surface area (Å²) in [5, 5.41) is 84.8. The van der Waals surface area contributed by atoms with Crippen molar-refractivity contribution in [2.24, 2.45) is 32.9 Å². The zero-order chi connectivity index (χ0) is 62.3. The molecule has 0 aromatic carbocycles. The third-order valence-corrected chi connectivity index (χ3v) is 19.3. The molecule has 5 saturated heterocycles. The van der Waals surface area contributed by atoms with E-state index in [1.807, 2.05) is 0 Å². The lowest BCUT2D eigenvalue weighted by Gasteiger charge is -2.49. The van der Waals surface area contributed by atoms with Crippen LogP contribution in [0.3, 0.4) is 0 Å². The lowest BCUT2D eigenvalue weighted by Crippen LogP contribution is -2.71. The van der Waals surface area contributed by atoms with E-state index in [1.54, 1.807) is 0 Å². The van der Waals surface area contributed by atoms with Crippen molar-refractivity contribution in [1.29, 1.82) is 0 Å². The van der Waals surface area contributed by atoms with Crippen LogP contribution in [0.1, 0.15) is 40.0 Å². The number of halogens is 2. The molecule has 0 aromatic rings. The zero-order valence-corrected chi connectivity index (χ0v) is 54.7. The number of nitrogens with one attached hydrogen (secondary N) is 2. The molecule has 0 bridgehead atoms. The first-order valence-electron chi connectivity index (χ1n) is 25.4. The molecule has 43 heteroatoms. The van der Waals surface area contributed by atoms with E-state index in [9.17, 15) is 50.4 Å². The highest BCUT2D eigenvalue weighted by Gasteiger charge is 2.66. The van der Waals surface area contributed by atoms with Gasteiger partial charge in [0.25, 0.3) is 0 Å². The highest BCUT2D eigenvalue weighted by atomic mass is 128. The number of hydrogen-bond donors (Lipinski definition) is 13. The van der Waals surface area contributed by atoms with E-state index in [0.717, 1.165) is 7.11 Å². The third kappa shape index (κ3) is 19.3. The van der Waals surface area contributed by atoms with E-state index in [-0.39, 0.29) is 32.6 Å². The summed E-state index contributed by atoms with van der Waals surface area (Å²) in [6, 6.07) is -7.13. The predicted octanol–water partition coefficient (Wildman–Crippen LogP) is -7.81. The lowest BCUT2D eigenvalue weighted by atomic mass is 9.75. The fourth-order valence-corrected chi connectivity index (χ4v) is 14.1. The highest BCUT2D eigenvalue weighted by Crippen LogP contribution is 2.49. The van der Waals surface area contributed by atoms with Crippen LogP contribution in [-0.4, -0.2) is 270 Å². The Morgan fingerprint density at radius 2 is 1.16 bits per heavy atom. The van der Waals surface area contributed by atoms with Crippen LogP contribution in [0.2, 0.25) is 0 Å². The molecule has 32 nitrogen and oxygen atoms in total. The molecular weight excluding hydrogens is 1450 g/mol. The molecule has 5 aliphatic heterocycles. The summed E-state index contributed by atoms with van der Waals surface area (Å²) in [6.07, 6.45) is -24.6. The van der Waals surface area contributed by atoms with E-state index in [2.05, 4.69) is 57.9 Å². The molecule has 5 heterocycles. The fraction of sp³-hybridized carbons (Fsp3) is 0.950. The second-order valence-electron chi connectivity index (χ2n) is 20.4. The molecule has 1 aliphatic carbocycles. The summed E-state index contributed by atoms with van der Waals surface area (Å²) in [6.45, 7) is -10.6. The Balaban J connectivity index is 0.00000624. The Kier molecular flexibility index (Phi) is 28.9. The van der Waals surface area contributed by atoms with Gasteiger partial charge >= 0.3 is 0 Å². The first kappa shape index (κ1) is 74.8. The van der Waals surface area contributed by atoms with E-state index < -0.39 is 203 Å². The minimum Gasteiger partial charge on any atom is -0.780 e. The van der Waals surface area contributed by atoms with Crippen molar-refractivity contribution in [3.05, 3.63) is 0 Å². The number of aliphatic imine (C=N–C) groups is 2. The second-order valence-corrected chi connectivity index (χ2v) is 28.6. The summed E-state index contributed by atoms with van der Waals surface area (Å²) in [5.74, 6) is -1.12. The molecule has 0 spiro atoms. The van der Waals surface area contributed by atoms with Gasteiger partial charge in [-0.05, 0) is 47.1 Å². The van der Waals surface area contributed by atoms with Crippen LogP contribution < -0.4 is 48.2 Å². The van der Waals surface area contributed by atoms with Crippen LogP contribution >= 0.6 is 57.4 Å². The smallest absolute Gasteiger partial charge is 0.187 e. The molecule has 17 N–H and O–H groups in total. The molecule has 27 unspecified atom stereocenters. The Bertz CT molecular complexity index is 2310. The fourth-order valence-electron chi connectivity index (χ4n) is 10.3. The summed E-state index contributed by atoms with van der Waals surface area (Å²) in [4.78, 5) is 47.2. The van der Waals surface area contributed by atoms with Gasteiger partial charge in [0.15, 0.2) is 24.5 Å². The van der Waals surface area contributed by atoms with Crippen LogP contribution in [0.5, 0.6) is 0 Å². The van der Waals surface area contributed by atoms with E-state index in [4.69, 9.17) is 147 Å². The third-order valence-electron chi connectivity index (χ3n) is 14.5. The summed E-state index contributed by atoms with van der Waals surface area (Å²) >= 11 is 19.4. The Labute approximate surface area is 522 Å². The largest absolute Gasteiger partial charge is 0.780 e. The Morgan fingerprint density at radius 3 is 1.61 bits per heavy atom. The maximum atomic E-state index is 13.7. The monoisotopic (exact) mass is 1520 g/mol. The van der Waals surface area contributed by atoms with Gasteiger partial charge in [0, 0.05) is 67.9 Å². The number of guanidine groups is 2. The molecule has 0 amide bonds. The first-order chi connectivity index (χ1) is 38.7. The second kappa shape index (κ2) is 32.1. The molecule has 6 fully saturated rings. The van der Waals surface area contributed by atoms with Gasteiger partial charge in [-0.15, -0.1) is 0 Å². The number of likely N-dealkylation sites (N-methyl/N-ethyl adjacent to an activating group) is 1. The van der Waals surface area contributed by atoms with Crippen LogP contribution in [0.15, 0.2) is 9.98 Å². The van der Waals surface area contributed by atoms with Gasteiger partial charge in [0.2, 0.25) is 0 Å². The van der Waals surface area contributed by atoms with E-state index in [0.29, 0.717) is 0 Å². The van der Waals surface area contributed by atoms with Crippen LogP contribution in [0.4, 0.5) is 0 Å². The van der Waals surface area contributed by atoms with Crippen molar-refractivity contribution in [1.82, 2.24) is 10.6 Å². The molecule has 83 heavy (non-hydrogen) atoms. The van der Waals surface area contributed by atoms with Gasteiger partial charge < -0.3 is 144 Å². The van der Waals surface area contributed by atoms with Crippen molar-refractivity contribution in [3.8, 4) is 0 Å². The average molecular weight is 1520 g/mol. The van der Waals surface area contributed by atoms with Gasteiger partial charge in [0.1, 0.15) is 129 Å². The van der Waals surface area contributed by atoms with Crippen molar-refractivity contribution in [2.75, 3.05) is 47.3 Å². The SMILES string of the molecule is II.[B]C1CC(OP([O-])(=S)OC)C(COP([O-])(=S)OC2CC([B])OC2COP([O-])(=S)OC2CC([B])OC2COCNC(C)(C)C2(O)C(C)OC(OC3C(O)C(O)C(N=C(N)N)C(O)C3N=C(N)N)C2OC2OC(CO)C(O)C(O)C2NC)O1. The van der Waals surface area contributed by atoms with Crippen LogP contribution in [-0.2, 0) is 100 Å². The molecule has 0 aromatic heterocycles. The standard InChI is InChI=1S/C40H74B3N8O24P3S3.I2/c1-14-40(58,34(72-35-27(48-4)31(56)28(53)18(9-52)70-35)36(66-14)71-33-26(51-38(46)47)29(54)25(50-37(44)45)30(55)32(33)57)39(2,3)49-13-63-10-19-15(6-22(41)67-19)74-77(60,80)65-12-21-17(8-24(43)69-21)75-78(61,81)64-11-20-16(7-23(42)68-20)73-76(59,79)62-5;1-2/h14-36,48-49,52-58H,6-13H2,1-5H3,(H,59,79)(H,60,80)(H,61,81)(H4,44,45,50)(H4,46,47,51);/p-3. The van der Waals surface area contributed by atoms with Crippen molar-refractivity contribution in [3.63, 3.8) is 0 Å². The number of ether oxygens (including phenoxy) is 8. The molecular formula is C40H71B3I2N8O24P3S3-3. The van der Waals surface area contributed by atoms with Gasteiger partial charge in [-0.3, -0.25) is 5.32 Å². The minimum absolute atomic E-state index is 0.0294. The molecule has 6 aliphatic rings. The number of nitrogens with two attached hydrogens (primary N) is 4. The number of rotatable bonds is 27. The zero-order valence-electron chi connectivity index (χ0n) is 45.3. The first-order valence-corrected chi connectivity index (χ1v) is 39.4. The molecule has 474 valence electrons. The highest BCUT2D eigenvalue weighted by molar-refractivity contribution is 15.0. The normalized spacial score (nSPS) is 42.4. The van der Waals surface area contributed by atoms with Crippen LogP contribution in [0.25, 0.3) is 0 Å². The number of hydrogen-bond acceptors (Lipinski definition) is 31. The topological polar surface area (TPSA) is 493 Å². The van der Waals surface area contributed by atoms with Crippen molar-refractivity contribution >= 4 is 128 Å². The number of aliphatic hydroxyl groups excluding tert-OH is 6. The Morgan fingerprint density at radius 1 is 0.687 bits per heavy atom. The van der Waals surface area contributed by atoms with Gasteiger partial charge in [0.05, 0.1) is 63.6 Å². The Hall–Kier alpha value is 1.10. The van der Waals surface area contributed by atoms with E-state index >= 15 is 0 Å². The van der Waals surface area contributed by atoms with Gasteiger partial charge in [-0.25, -0.2) is 9.98 Å². The van der Waals surface area contributed by atoms with E-state index in [1.165, 1.54) is 27.8 Å². The quantitative estimate of drug-likeness (QED) is 0.00691. The molecule has 6 rings (SSSR count). The lowest BCUT2D eigenvalue weighted by molar-refractivity contribution is -0.319. The van der Waals surface area contributed by atoms with Crippen molar-refractivity contribution in [2.45, 2.75) is 191 Å². The molecule has 6 radical (unpaired) electrons. The molecule has 27 atom stereocenters. The van der Waals surface area contributed by atoms with Crippen LogP contribution in [0, 0.1) is 0 Å². The number of nitrogens with zero attached hydrogens (tertiary/aromatic N) is 2. The van der Waals surface area contributed by atoms with Gasteiger partial charge in [-0.2, -0.15) is 0 Å². The number of aliphatic hydroxyl groups is 7. The maximum absolute atomic E-state index is 13.7. The minimum atomic E-state index is -4.42. The summed E-state index contributed by atoms with van der Waals surface area (Å²) < 4.78 is 80.1. The maximum Gasteiger partial charge on any atom is 0.187 e.